The first-order chi connectivity index (χ1) is 20.0. The van der Waals surface area contributed by atoms with Crippen LogP contribution in [0.15, 0.2) is 72.8 Å². The zero-order chi connectivity index (χ0) is 30.0. The minimum Gasteiger partial charge on any atom is -0.268 e. The maximum atomic E-state index is 13.3. The van der Waals surface area contributed by atoms with Crippen molar-refractivity contribution in [3.63, 3.8) is 0 Å². The van der Waals surface area contributed by atoms with E-state index in [-0.39, 0.29) is 55.0 Å². The Morgan fingerprint density at radius 2 is 0.857 bits per heavy atom. The molecule has 0 saturated carbocycles. The molecular weight excluding hydrogens is 591 g/mol. The Morgan fingerprint density at radius 3 is 1.19 bits per heavy atom. The number of imide groups is 2. The molecule has 0 atom stereocenters. The smallest absolute Gasteiger partial charge is 0.268 e. The summed E-state index contributed by atoms with van der Waals surface area (Å²) in [5, 5.41) is 21.8. The molecule has 0 saturated heterocycles. The number of hydrogen-bond donors (Lipinski definition) is 0. The monoisotopic (exact) mass is 602 g/mol. The van der Waals surface area contributed by atoms with Crippen molar-refractivity contribution in [3.8, 4) is 11.1 Å². The van der Waals surface area contributed by atoms with E-state index in [2.05, 4.69) is 0 Å². The molecule has 14 heteroatoms. The van der Waals surface area contributed by atoms with Gasteiger partial charge in [0.15, 0.2) is 0 Å². The highest BCUT2D eigenvalue weighted by molar-refractivity contribution is 6.41. The number of nitro groups is 2. The van der Waals surface area contributed by atoms with E-state index in [1.165, 1.54) is 36.4 Å². The Kier molecular flexibility index (Phi) is 6.10. The second-order valence-corrected chi connectivity index (χ2v) is 10.0. The standard InChI is InChI=1S/C28H12Cl2N4O8/c29-21-11-15(33(39)40)3-7-23(21)31-25(35)17-5-1-13(9-19(17)27(31)37)14-2-6-18-20(10-14)28(38)32(26(18)36)24-8-4-16(34(41)42)12-22(24)30/h1-12H. The molecule has 206 valence electrons. The van der Waals surface area contributed by atoms with Crippen LogP contribution in [0.1, 0.15) is 41.4 Å². The molecule has 4 amide bonds. The lowest BCUT2D eigenvalue weighted by Gasteiger charge is -2.15. The lowest BCUT2D eigenvalue weighted by molar-refractivity contribution is -0.385. The average molecular weight is 603 g/mol. The Balaban J connectivity index is 1.33. The summed E-state index contributed by atoms with van der Waals surface area (Å²) in [6.45, 7) is 0. The van der Waals surface area contributed by atoms with Crippen LogP contribution < -0.4 is 9.80 Å². The van der Waals surface area contributed by atoms with Crippen molar-refractivity contribution in [2.24, 2.45) is 0 Å². The summed E-state index contributed by atoms with van der Waals surface area (Å²) in [6.07, 6.45) is 0. The highest BCUT2D eigenvalue weighted by atomic mass is 35.5. The van der Waals surface area contributed by atoms with Crippen molar-refractivity contribution in [3.05, 3.63) is 125 Å². The largest absolute Gasteiger partial charge is 0.271 e. The maximum absolute atomic E-state index is 13.3. The van der Waals surface area contributed by atoms with E-state index in [1.54, 1.807) is 12.1 Å². The van der Waals surface area contributed by atoms with Gasteiger partial charge in [0.25, 0.3) is 35.0 Å². The fraction of sp³-hybridized carbons (Fsp3) is 0. The number of rotatable bonds is 5. The summed E-state index contributed by atoms with van der Waals surface area (Å²) in [5.41, 5.74) is 0.562. The molecule has 6 rings (SSSR count). The molecule has 0 fully saturated rings. The number of nitrogens with zero attached hydrogens (tertiary/aromatic N) is 4. The highest BCUT2D eigenvalue weighted by Gasteiger charge is 2.40. The molecule has 0 aromatic heterocycles. The van der Waals surface area contributed by atoms with Gasteiger partial charge in [0, 0.05) is 24.3 Å². The maximum Gasteiger partial charge on any atom is 0.271 e. The van der Waals surface area contributed by atoms with Crippen LogP contribution in [0.2, 0.25) is 10.0 Å². The number of carbonyl (C=O) groups excluding carboxylic acids is 4. The van der Waals surface area contributed by atoms with E-state index in [0.29, 0.717) is 11.1 Å². The molecule has 42 heavy (non-hydrogen) atoms. The second kappa shape index (κ2) is 9.58. The average Bonchev–Trinajstić information content (AvgIpc) is 3.36. The van der Waals surface area contributed by atoms with E-state index in [0.717, 1.165) is 34.1 Å². The van der Waals surface area contributed by atoms with Crippen LogP contribution in [0.5, 0.6) is 0 Å². The predicted octanol–water partition coefficient (Wildman–Crippen LogP) is 6.08. The topological polar surface area (TPSA) is 161 Å². The first-order valence-corrected chi connectivity index (χ1v) is 12.7. The van der Waals surface area contributed by atoms with Gasteiger partial charge in [-0.3, -0.25) is 39.4 Å². The van der Waals surface area contributed by atoms with Crippen molar-refractivity contribution in [2.45, 2.75) is 0 Å². The number of fused-ring (bicyclic) bond motifs is 2. The zero-order valence-electron chi connectivity index (χ0n) is 20.7. The number of non-ortho nitro benzene ring substituents is 2. The lowest BCUT2D eigenvalue weighted by atomic mass is 9.97. The first-order valence-electron chi connectivity index (χ1n) is 11.9. The van der Waals surface area contributed by atoms with Crippen molar-refractivity contribution >= 4 is 69.6 Å². The molecule has 2 aliphatic rings. The summed E-state index contributed by atoms with van der Waals surface area (Å²) in [4.78, 5) is 75.2. The van der Waals surface area contributed by atoms with Crippen molar-refractivity contribution < 1.29 is 29.0 Å². The van der Waals surface area contributed by atoms with Gasteiger partial charge in [-0.15, -0.1) is 0 Å². The van der Waals surface area contributed by atoms with Crippen molar-refractivity contribution in [1.29, 1.82) is 0 Å². The van der Waals surface area contributed by atoms with Crippen molar-refractivity contribution in [2.75, 3.05) is 9.80 Å². The third-order valence-electron chi connectivity index (χ3n) is 6.87. The Bertz CT molecular complexity index is 1830. The van der Waals surface area contributed by atoms with Crippen LogP contribution in [0.3, 0.4) is 0 Å². The summed E-state index contributed by atoms with van der Waals surface area (Å²) in [7, 11) is 0. The Labute approximate surface area is 244 Å². The van der Waals surface area contributed by atoms with Gasteiger partial charge in [-0.1, -0.05) is 35.3 Å². The predicted molar refractivity (Wildman–Crippen MR) is 150 cm³/mol. The van der Waals surface area contributed by atoms with E-state index < -0.39 is 33.5 Å². The van der Waals surface area contributed by atoms with Crippen molar-refractivity contribution in [1.82, 2.24) is 0 Å². The minimum atomic E-state index is -0.695. The number of nitro benzene ring substituents is 2. The first kappa shape index (κ1) is 26.7. The van der Waals surface area contributed by atoms with Crippen LogP contribution in [0.4, 0.5) is 22.7 Å². The van der Waals surface area contributed by atoms with Gasteiger partial charge < -0.3 is 0 Å². The number of benzene rings is 4. The third-order valence-corrected chi connectivity index (χ3v) is 7.48. The highest BCUT2D eigenvalue weighted by Crippen LogP contribution is 2.39. The molecule has 0 aliphatic carbocycles. The van der Waals surface area contributed by atoms with Gasteiger partial charge >= 0.3 is 0 Å². The van der Waals surface area contributed by atoms with Crippen LogP contribution in [-0.4, -0.2) is 33.5 Å². The summed E-state index contributed by atoms with van der Waals surface area (Å²) >= 11 is 12.3. The third kappa shape index (κ3) is 4.00. The fourth-order valence-electron chi connectivity index (χ4n) is 4.86. The van der Waals surface area contributed by atoms with Gasteiger partial charge in [-0.25, -0.2) is 9.80 Å². The number of halogens is 2. The Hall–Kier alpha value is -5.46. The lowest BCUT2D eigenvalue weighted by Crippen LogP contribution is -2.29. The van der Waals surface area contributed by atoms with Gasteiger partial charge in [0.1, 0.15) is 0 Å². The fourth-order valence-corrected chi connectivity index (χ4v) is 5.38. The molecule has 0 unspecified atom stereocenters. The van der Waals surface area contributed by atoms with E-state index in [1.807, 2.05) is 0 Å². The molecule has 2 heterocycles. The molecular formula is C28H12Cl2N4O8. The van der Waals surface area contributed by atoms with Crippen LogP contribution >= 0.6 is 23.2 Å². The minimum absolute atomic E-state index is 0.0124. The zero-order valence-corrected chi connectivity index (χ0v) is 22.3. The van der Waals surface area contributed by atoms with Gasteiger partial charge in [-0.2, -0.15) is 0 Å². The van der Waals surface area contributed by atoms with E-state index >= 15 is 0 Å². The quantitative estimate of drug-likeness (QED) is 0.151. The summed E-state index contributed by atoms with van der Waals surface area (Å²) in [6, 6.07) is 15.7. The second-order valence-electron chi connectivity index (χ2n) is 9.20. The normalized spacial score (nSPS) is 14.0. The molecule has 4 aromatic rings. The van der Waals surface area contributed by atoms with Gasteiger partial charge in [-0.05, 0) is 47.5 Å². The summed E-state index contributed by atoms with van der Waals surface area (Å²) in [5.74, 6) is -2.72. The number of carbonyl (C=O) groups is 4. The molecule has 0 spiro atoms. The Morgan fingerprint density at radius 1 is 0.500 bits per heavy atom. The van der Waals surface area contributed by atoms with Gasteiger partial charge in [0.2, 0.25) is 0 Å². The van der Waals surface area contributed by atoms with Crippen LogP contribution in [0.25, 0.3) is 11.1 Å². The van der Waals surface area contributed by atoms with E-state index in [4.69, 9.17) is 23.2 Å². The van der Waals surface area contributed by atoms with Crippen LogP contribution in [0, 0.1) is 20.2 Å². The molecule has 0 N–H and O–H groups in total. The van der Waals surface area contributed by atoms with Crippen LogP contribution in [-0.2, 0) is 0 Å². The molecule has 0 bridgehead atoms. The van der Waals surface area contributed by atoms with E-state index in [9.17, 15) is 39.4 Å². The molecule has 2 aliphatic heterocycles. The number of hydrogen-bond acceptors (Lipinski definition) is 8. The number of anilines is 2. The summed E-state index contributed by atoms with van der Waals surface area (Å²) < 4.78 is 0. The molecule has 0 radical (unpaired) electrons. The SMILES string of the molecule is O=C1c2ccc(-c3ccc4c(c3)C(=O)N(c3ccc([N+](=O)[O-])cc3Cl)C4=O)cc2C(=O)N1c1ccc([N+](=O)[O-])cc1Cl. The molecule has 4 aromatic carbocycles. The van der Waals surface area contributed by atoms with Gasteiger partial charge in [0.05, 0.1) is 53.5 Å². The number of amides is 4. The molecule has 12 nitrogen and oxygen atoms in total.